The molecule has 0 atom stereocenters. The molecule has 0 radical (unpaired) electrons. The highest BCUT2D eigenvalue weighted by molar-refractivity contribution is 5.88. The maximum atomic E-state index is 10.9. The van der Waals surface area contributed by atoms with Gasteiger partial charge in [-0.05, 0) is 29.8 Å². The van der Waals surface area contributed by atoms with Gasteiger partial charge in [0.25, 0.3) is 0 Å². The molecule has 0 bridgehead atoms. The summed E-state index contributed by atoms with van der Waals surface area (Å²) in [6, 6.07) is 11.5. The van der Waals surface area contributed by atoms with Crippen LogP contribution in [-0.4, -0.2) is 16.1 Å². The van der Waals surface area contributed by atoms with Gasteiger partial charge in [-0.25, -0.2) is 0 Å². The molecule has 0 spiro atoms. The van der Waals surface area contributed by atoms with Gasteiger partial charge in [0.15, 0.2) is 0 Å². The summed E-state index contributed by atoms with van der Waals surface area (Å²) in [6.45, 7) is 2.93. The number of nitrogens with one attached hydrogen (secondary N) is 2. The van der Waals surface area contributed by atoms with Gasteiger partial charge in [0, 0.05) is 31.9 Å². The molecule has 0 unspecified atom stereocenters. The Labute approximate surface area is 112 Å². The van der Waals surface area contributed by atoms with E-state index >= 15 is 0 Å². The second-order valence-corrected chi connectivity index (χ2v) is 4.20. The molecular formula is C14H16N4O. The molecule has 98 valence electrons. The molecule has 0 aliphatic heterocycles. The highest BCUT2D eigenvalue weighted by atomic mass is 16.1. The van der Waals surface area contributed by atoms with Crippen LogP contribution in [-0.2, 0) is 17.9 Å². The Balaban J connectivity index is 1.81. The van der Waals surface area contributed by atoms with Crippen LogP contribution in [0.25, 0.3) is 0 Å². The van der Waals surface area contributed by atoms with Crippen LogP contribution in [0, 0.1) is 0 Å². The fourth-order valence-corrected chi connectivity index (χ4v) is 1.67. The number of benzene rings is 1. The van der Waals surface area contributed by atoms with Gasteiger partial charge in [-0.1, -0.05) is 12.1 Å². The van der Waals surface area contributed by atoms with Crippen molar-refractivity contribution < 1.29 is 4.79 Å². The smallest absolute Gasteiger partial charge is 0.221 e. The molecule has 0 aliphatic carbocycles. The predicted molar refractivity (Wildman–Crippen MR) is 73.3 cm³/mol. The Morgan fingerprint density at radius 3 is 2.58 bits per heavy atom. The van der Waals surface area contributed by atoms with Crippen molar-refractivity contribution in [3.8, 4) is 0 Å². The average Bonchev–Trinajstić information content (AvgIpc) is 2.41. The maximum absolute atomic E-state index is 10.9. The number of carbonyl (C=O) groups excluding carboxylic acids is 1. The molecule has 0 saturated carbocycles. The van der Waals surface area contributed by atoms with Crippen molar-refractivity contribution in [1.82, 2.24) is 15.5 Å². The van der Waals surface area contributed by atoms with Gasteiger partial charge in [-0.15, -0.1) is 0 Å². The quantitative estimate of drug-likeness (QED) is 0.855. The Bertz CT molecular complexity index is 525. The minimum atomic E-state index is -0.0615. The van der Waals surface area contributed by atoms with Gasteiger partial charge in [-0.2, -0.15) is 10.2 Å². The number of nitrogens with zero attached hydrogens (tertiary/aromatic N) is 2. The summed E-state index contributed by atoms with van der Waals surface area (Å²) in [5.41, 5.74) is 2.88. The van der Waals surface area contributed by atoms with E-state index < -0.39 is 0 Å². The Morgan fingerprint density at radius 1 is 1.16 bits per heavy atom. The lowest BCUT2D eigenvalue weighted by Gasteiger charge is -2.06. The van der Waals surface area contributed by atoms with E-state index in [1.165, 1.54) is 6.92 Å². The molecule has 2 aromatic rings. The van der Waals surface area contributed by atoms with Crippen molar-refractivity contribution in [2.75, 3.05) is 5.32 Å². The molecule has 0 aliphatic rings. The highest BCUT2D eigenvalue weighted by Gasteiger charge is 1.97. The molecule has 2 rings (SSSR count). The number of hydrogen-bond acceptors (Lipinski definition) is 4. The van der Waals surface area contributed by atoms with Crippen molar-refractivity contribution >= 4 is 11.6 Å². The fraction of sp³-hybridized carbons (Fsp3) is 0.214. The molecule has 0 saturated heterocycles. The zero-order chi connectivity index (χ0) is 13.5. The third-order valence-corrected chi connectivity index (χ3v) is 2.54. The van der Waals surface area contributed by atoms with E-state index in [0.717, 1.165) is 23.5 Å². The summed E-state index contributed by atoms with van der Waals surface area (Å²) in [5.74, 6) is -0.0615. The van der Waals surface area contributed by atoms with E-state index in [1.807, 2.05) is 36.4 Å². The van der Waals surface area contributed by atoms with Crippen molar-refractivity contribution in [2.45, 2.75) is 20.0 Å². The van der Waals surface area contributed by atoms with Gasteiger partial charge in [0.2, 0.25) is 5.91 Å². The first kappa shape index (κ1) is 13.2. The molecule has 19 heavy (non-hydrogen) atoms. The lowest BCUT2D eigenvalue weighted by Crippen LogP contribution is -2.14. The Kier molecular flexibility index (Phi) is 4.58. The first-order chi connectivity index (χ1) is 9.24. The lowest BCUT2D eigenvalue weighted by atomic mass is 10.2. The van der Waals surface area contributed by atoms with Crippen LogP contribution in [0.4, 0.5) is 5.69 Å². The zero-order valence-corrected chi connectivity index (χ0v) is 10.8. The molecule has 0 fully saturated rings. The second kappa shape index (κ2) is 6.61. The SMILES string of the molecule is CC(=O)Nc1ccc(CNCc2cccnn2)cc1. The maximum Gasteiger partial charge on any atom is 0.221 e. The topological polar surface area (TPSA) is 66.9 Å². The summed E-state index contributed by atoms with van der Waals surface area (Å²) in [5, 5.41) is 13.8. The molecule has 5 nitrogen and oxygen atoms in total. The van der Waals surface area contributed by atoms with Crippen LogP contribution in [0.1, 0.15) is 18.2 Å². The normalized spacial score (nSPS) is 10.2. The monoisotopic (exact) mass is 256 g/mol. The van der Waals surface area contributed by atoms with Crippen molar-refractivity contribution in [3.05, 3.63) is 53.9 Å². The van der Waals surface area contributed by atoms with Crippen LogP contribution in [0.3, 0.4) is 0 Å². The summed E-state index contributed by atoms with van der Waals surface area (Å²) >= 11 is 0. The molecule has 1 heterocycles. The van der Waals surface area contributed by atoms with Gasteiger partial charge >= 0.3 is 0 Å². The summed E-state index contributed by atoms with van der Waals surface area (Å²) < 4.78 is 0. The minimum absolute atomic E-state index is 0.0615. The zero-order valence-electron chi connectivity index (χ0n) is 10.8. The summed E-state index contributed by atoms with van der Waals surface area (Å²) in [7, 11) is 0. The average molecular weight is 256 g/mol. The Hall–Kier alpha value is -2.27. The lowest BCUT2D eigenvalue weighted by molar-refractivity contribution is -0.114. The van der Waals surface area contributed by atoms with Crippen molar-refractivity contribution in [3.63, 3.8) is 0 Å². The number of carbonyl (C=O) groups is 1. The second-order valence-electron chi connectivity index (χ2n) is 4.20. The van der Waals surface area contributed by atoms with Gasteiger partial charge in [0.1, 0.15) is 0 Å². The first-order valence-corrected chi connectivity index (χ1v) is 6.08. The van der Waals surface area contributed by atoms with Crippen LogP contribution in [0.15, 0.2) is 42.6 Å². The fourth-order valence-electron chi connectivity index (χ4n) is 1.67. The van der Waals surface area contributed by atoms with Crippen LogP contribution >= 0.6 is 0 Å². The molecule has 5 heteroatoms. The van der Waals surface area contributed by atoms with E-state index in [2.05, 4.69) is 20.8 Å². The van der Waals surface area contributed by atoms with Crippen molar-refractivity contribution in [1.29, 1.82) is 0 Å². The molecular weight excluding hydrogens is 240 g/mol. The van der Waals surface area contributed by atoms with Crippen LogP contribution in [0.5, 0.6) is 0 Å². The van der Waals surface area contributed by atoms with Gasteiger partial charge in [0.05, 0.1) is 5.69 Å². The molecule has 1 amide bonds. The van der Waals surface area contributed by atoms with E-state index in [4.69, 9.17) is 0 Å². The number of aromatic nitrogens is 2. The van der Waals surface area contributed by atoms with E-state index in [-0.39, 0.29) is 5.91 Å². The first-order valence-electron chi connectivity index (χ1n) is 6.08. The number of amides is 1. The largest absolute Gasteiger partial charge is 0.326 e. The van der Waals surface area contributed by atoms with Crippen LogP contribution < -0.4 is 10.6 Å². The van der Waals surface area contributed by atoms with Gasteiger partial charge in [-0.3, -0.25) is 4.79 Å². The standard InChI is InChI=1S/C14H16N4O/c1-11(19)17-13-6-4-12(5-7-13)9-15-10-14-3-2-8-16-18-14/h2-8,15H,9-10H2,1H3,(H,17,19). The van der Waals surface area contributed by atoms with E-state index in [1.54, 1.807) is 6.20 Å². The number of anilines is 1. The predicted octanol–water partition coefficient (Wildman–Crippen LogP) is 1.72. The third-order valence-electron chi connectivity index (χ3n) is 2.54. The van der Waals surface area contributed by atoms with E-state index in [9.17, 15) is 4.79 Å². The van der Waals surface area contributed by atoms with E-state index in [0.29, 0.717) is 6.54 Å². The Morgan fingerprint density at radius 2 is 1.95 bits per heavy atom. The highest BCUT2D eigenvalue weighted by Crippen LogP contribution is 2.09. The minimum Gasteiger partial charge on any atom is -0.326 e. The molecule has 2 N–H and O–H groups in total. The summed E-state index contributed by atoms with van der Waals surface area (Å²) in [4.78, 5) is 10.9. The number of hydrogen-bond donors (Lipinski definition) is 2. The molecule has 1 aromatic heterocycles. The molecule has 1 aromatic carbocycles. The number of rotatable bonds is 5. The van der Waals surface area contributed by atoms with Crippen molar-refractivity contribution in [2.24, 2.45) is 0 Å². The third kappa shape index (κ3) is 4.48. The summed E-state index contributed by atoms with van der Waals surface area (Å²) in [6.07, 6.45) is 1.66. The van der Waals surface area contributed by atoms with Gasteiger partial charge < -0.3 is 10.6 Å². The van der Waals surface area contributed by atoms with Crippen LogP contribution in [0.2, 0.25) is 0 Å².